The molecule has 4 nitrogen and oxygen atoms in total. The van der Waals surface area contributed by atoms with E-state index in [1.165, 1.54) is 0 Å². The van der Waals surface area contributed by atoms with Crippen LogP contribution in [0.1, 0.15) is 32.1 Å². The van der Waals surface area contributed by atoms with Gasteiger partial charge in [0.05, 0.1) is 11.0 Å². The van der Waals surface area contributed by atoms with Gasteiger partial charge in [-0.05, 0) is 38.0 Å². The molecule has 0 spiro atoms. The van der Waals surface area contributed by atoms with Crippen LogP contribution in [0.2, 0.25) is 0 Å². The molecule has 2 atom stereocenters. The first-order chi connectivity index (χ1) is 7.68. The maximum Gasteiger partial charge on any atom is 0.249 e. The third kappa shape index (κ3) is 2.92. The van der Waals surface area contributed by atoms with Crippen LogP contribution in [0.5, 0.6) is 0 Å². The van der Waals surface area contributed by atoms with E-state index in [9.17, 15) is 4.79 Å². The van der Waals surface area contributed by atoms with E-state index in [2.05, 4.69) is 5.32 Å². The predicted octanol–water partition coefficient (Wildman–Crippen LogP) is 0.736. The lowest BCUT2D eigenvalue weighted by atomic mass is 10.1. The number of carbonyl (C=O) groups is 1. The highest BCUT2D eigenvalue weighted by Crippen LogP contribution is 2.33. The second-order valence-electron chi connectivity index (χ2n) is 4.58. The number of hydrogen-bond donors (Lipinski definition) is 2. The maximum atomic E-state index is 11.9. The molecule has 1 aliphatic heterocycles. The first-order valence-corrected chi connectivity index (χ1v) is 6.30. The van der Waals surface area contributed by atoms with E-state index in [-0.39, 0.29) is 18.1 Å². The standard InChI is InChI=1S/C11H18N2O2S/c12-10(16)9(7-4-5-7)13-11(14)8-3-1-2-6-15-8/h7-9H,1-6H2,(H2,12,16)(H,13,14). The number of rotatable bonds is 4. The molecule has 1 aliphatic carbocycles. The van der Waals surface area contributed by atoms with Crippen LogP contribution >= 0.6 is 12.2 Å². The zero-order chi connectivity index (χ0) is 11.5. The van der Waals surface area contributed by atoms with Gasteiger partial charge in [-0.1, -0.05) is 12.2 Å². The van der Waals surface area contributed by atoms with Crippen molar-refractivity contribution in [2.45, 2.75) is 44.2 Å². The molecular weight excluding hydrogens is 224 g/mol. The topological polar surface area (TPSA) is 64.3 Å². The molecule has 3 N–H and O–H groups in total. The van der Waals surface area contributed by atoms with Gasteiger partial charge in [0.25, 0.3) is 0 Å². The Kier molecular flexibility index (Phi) is 3.76. The minimum Gasteiger partial charge on any atom is -0.392 e. The number of thiocarbonyl (C=S) groups is 1. The van der Waals surface area contributed by atoms with Gasteiger partial charge in [0.1, 0.15) is 6.10 Å². The van der Waals surface area contributed by atoms with Gasteiger partial charge in [0, 0.05) is 6.61 Å². The lowest BCUT2D eigenvalue weighted by Gasteiger charge is -2.24. The normalized spacial score (nSPS) is 27.1. The van der Waals surface area contributed by atoms with Crippen molar-refractivity contribution < 1.29 is 9.53 Å². The fourth-order valence-corrected chi connectivity index (χ4v) is 2.30. The van der Waals surface area contributed by atoms with Crippen LogP contribution in [0, 0.1) is 5.92 Å². The molecule has 2 rings (SSSR count). The molecule has 16 heavy (non-hydrogen) atoms. The molecule has 1 saturated heterocycles. The highest BCUT2D eigenvalue weighted by Gasteiger charge is 2.35. The van der Waals surface area contributed by atoms with Crippen molar-refractivity contribution in [3.8, 4) is 0 Å². The van der Waals surface area contributed by atoms with Crippen LogP contribution in [0.3, 0.4) is 0 Å². The monoisotopic (exact) mass is 242 g/mol. The quantitative estimate of drug-likeness (QED) is 0.714. The molecule has 0 aromatic rings. The second-order valence-corrected chi connectivity index (χ2v) is 5.05. The van der Waals surface area contributed by atoms with Crippen molar-refractivity contribution in [3.05, 3.63) is 0 Å². The minimum absolute atomic E-state index is 0.0515. The summed E-state index contributed by atoms with van der Waals surface area (Å²) >= 11 is 4.98. The number of nitrogens with two attached hydrogens (primary N) is 1. The highest BCUT2D eigenvalue weighted by molar-refractivity contribution is 7.80. The summed E-state index contributed by atoms with van der Waals surface area (Å²) in [7, 11) is 0. The number of carbonyl (C=O) groups excluding carboxylic acids is 1. The molecule has 2 fully saturated rings. The van der Waals surface area contributed by atoms with E-state index in [0.29, 0.717) is 17.5 Å². The summed E-state index contributed by atoms with van der Waals surface area (Å²) in [5, 5.41) is 2.92. The van der Waals surface area contributed by atoms with E-state index < -0.39 is 0 Å². The summed E-state index contributed by atoms with van der Waals surface area (Å²) in [5.41, 5.74) is 5.63. The van der Waals surface area contributed by atoms with Gasteiger partial charge in [-0.15, -0.1) is 0 Å². The van der Waals surface area contributed by atoms with Crippen molar-refractivity contribution >= 4 is 23.1 Å². The van der Waals surface area contributed by atoms with E-state index in [4.69, 9.17) is 22.7 Å². The number of nitrogens with one attached hydrogen (secondary N) is 1. The van der Waals surface area contributed by atoms with Crippen LogP contribution in [-0.2, 0) is 9.53 Å². The van der Waals surface area contributed by atoms with Crippen molar-refractivity contribution in [1.29, 1.82) is 0 Å². The molecule has 0 radical (unpaired) electrons. The molecule has 0 aromatic carbocycles. The van der Waals surface area contributed by atoms with Gasteiger partial charge >= 0.3 is 0 Å². The zero-order valence-electron chi connectivity index (χ0n) is 9.28. The van der Waals surface area contributed by atoms with Crippen LogP contribution in [0.15, 0.2) is 0 Å². The van der Waals surface area contributed by atoms with E-state index >= 15 is 0 Å². The average Bonchev–Trinajstić information content (AvgIpc) is 3.10. The van der Waals surface area contributed by atoms with Gasteiger partial charge in [0.15, 0.2) is 0 Å². The van der Waals surface area contributed by atoms with Crippen molar-refractivity contribution in [2.24, 2.45) is 11.7 Å². The minimum atomic E-state index is -0.302. The first kappa shape index (κ1) is 11.8. The highest BCUT2D eigenvalue weighted by atomic mass is 32.1. The average molecular weight is 242 g/mol. The van der Waals surface area contributed by atoms with Crippen LogP contribution in [0.25, 0.3) is 0 Å². The Hall–Kier alpha value is -0.680. The van der Waals surface area contributed by atoms with Gasteiger partial charge < -0.3 is 15.8 Å². The Morgan fingerprint density at radius 3 is 2.62 bits per heavy atom. The summed E-state index contributed by atoms with van der Waals surface area (Å²) in [6, 6.07) is -0.131. The Bertz CT molecular complexity index is 286. The fourth-order valence-electron chi connectivity index (χ4n) is 2.04. The lowest BCUT2D eigenvalue weighted by Crippen LogP contribution is -2.49. The van der Waals surface area contributed by atoms with Crippen molar-refractivity contribution in [1.82, 2.24) is 5.32 Å². The molecule has 2 aliphatic rings. The Morgan fingerprint density at radius 2 is 2.12 bits per heavy atom. The summed E-state index contributed by atoms with van der Waals surface area (Å²) in [4.78, 5) is 12.3. The SMILES string of the molecule is NC(=S)C(NC(=O)C1CCCCO1)C1CC1. The van der Waals surface area contributed by atoms with Crippen molar-refractivity contribution in [2.75, 3.05) is 6.61 Å². The summed E-state index contributed by atoms with van der Waals surface area (Å²) in [5.74, 6) is 0.398. The van der Waals surface area contributed by atoms with E-state index in [0.717, 1.165) is 32.1 Å². The number of ether oxygens (including phenoxy) is 1. The molecule has 1 heterocycles. The number of hydrogen-bond acceptors (Lipinski definition) is 3. The molecule has 0 aromatic heterocycles. The molecule has 90 valence electrons. The van der Waals surface area contributed by atoms with Crippen LogP contribution in [0.4, 0.5) is 0 Å². The Morgan fingerprint density at radius 1 is 1.38 bits per heavy atom. The molecule has 1 amide bonds. The van der Waals surface area contributed by atoms with Crippen LogP contribution < -0.4 is 11.1 Å². The Balaban J connectivity index is 1.86. The van der Waals surface area contributed by atoms with Gasteiger partial charge in [-0.2, -0.15) is 0 Å². The van der Waals surface area contributed by atoms with Crippen LogP contribution in [-0.4, -0.2) is 29.6 Å². The predicted molar refractivity (Wildman–Crippen MR) is 65.0 cm³/mol. The van der Waals surface area contributed by atoms with E-state index in [1.807, 2.05) is 0 Å². The lowest BCUT2D eigenvalue weighted by molar-refractivity contribution is -0.135. The smallest absolute Gasteiger partial charge is 0.249 e. The van der Waals surface area contributed by atoms with Gasteiger partial charge in [-0.3, -0.25) is 4.79 Å². The zero-order valence-corrected chi connectivity index (χ0v) is 10.1. The third-order valence-electron chi connectivity index (χ3n) is 3.17. The summed E-state index contributed by atoms with van der Waals surface area (Å²) < 4.78 is 5.42. The summed E-state index contributed by atoms with van der Waals surface area (Å²) in [6.45, 7) is 0.680. The Labute approximate surface area is 101 Å². The first-order valence-electron chi connectivity index (χ1n) is 5.90. The maximum absolute atomic E-state index is 11.9. The molecular formula is C11H18N2O2S. The number of amides is 1. The molecule has 1 saturated carbocycles. The summed E-state index contributed by atoms with van der Waals surface area (Å²) in [6.07, 6.45) is 4.82. The van der Waals surface area contributed by atoms with Crippen molar-refractivity contribution in [3.63, 3.8) is 0 Å². The van der Waals surface area contributed by atoms with Gasteiger partial charge in [0.2, 0.25) is 5.91 Å². The fraction of sp³-hybridized carbons (Fsp3) is 0.818. The molecule has 0 bridgehead atoms. The second kappa shape index (κ2) is 5.10. The van der Waals surface area contributed by atoms with Gasteiger partial charge in [-0.25, -0.2) is 0 Å². The molecule has 5 heteroatoms. The third-order valence-corrected chi connectivity index (χ3v) is 3.42. The molecule has 2 unspecified atom stereocenters. The largest absolute Gasteiger partial charge is 0.392 e. The van der Waals surface area contributed by atoms with E-state index in [1.54, 1.807) is 0 Å².